The number of carbonyl (C=O) groups is 1. The average Bonchev–Trinajstić information content (AvgIpc) is 2.37. The topological polar surface area (TPSA) is 58.4 Å². The van der Waals surface area contributed by atoms with Crippen LogP contribution in [0.5, 0.6) is 0 Å². The Balaban J connectivity index is 2.60. The Bertz CT molecular complexity index is 249. The number of hydrogen-bond donors (Lipinski definition) is 2. The molecule has 3 N–H and O–H groups in total. The smallest absolute Gasteiger partial charge is 0.237 e. The summed E-state index contributed by atoms with van der Waals surface area (Å²) in [5.41, 5.74) is 5.96. The third kappa shape index (κ3) is 4.25. The second-order valence-corrected chi connectivity index (χ2v) is 5.38. The maximum Gasteiger partial charge on any atom is 0.237 e. The number of amides is 1. The molecule has 106 valence electrons. The molecule has 0 aromatic heterocycles. The number of carbonyl (C=O) groups excluding carboxylic acids is 1. The highest BCUT2D eigenvalue weighted by Gasteiger charge is 2.29. The molecule has 1 aliphatic rings. The summed E-state index contributed by atoms with van der Waals surface area (Å²) >= 11 is 0. The van der Waals surface area contributed by atoms with Crippen molar-refractivity contribution in [2.24, 2.45) is 5.73 Å². The number of rotatable bonds is 6. The molecule has 0 spiro atoms. The number of nitrogens with one attached hydrogen (secondary N) is 1. The van der Waals surface area contributed by atoms with Crippen LogP contribution in [0, 0.1) is 0 Å². The van der Waals surface area contributed by atoms with Crippen LogP contribution in [0.25, 0.3) is 0 Å². The van der Waals surface area contributed by atoms with Gasteiger partial charge in [0.05, 0.1) is 6.04 Å². The summed E-state index contributed by atoms with van der Waals surface area (Å²) < 4.78 is 0. The van der Waals surface area contributed by atoms with Gasteiger partial charge in [0.25, 0.3) is 0 Å². The summed E-state index contributed by atoms with van der Waals surface area (Å²) in [7, 11) is 0. The summed E-state index contributed by atoms with van der Waals surface area (Å²) in [5.74, 6) is 0.154. The van der Waals surface area contributed by atoms with Crippen LogP contribution in [-0.2, 0) is 4.79 Å². The fourth-order valence-electron chi connectivity index (χ4n) is 2.86. The normalized spacial score (nSPS) is 26.1. The second kappa shape index (κ2) is 7.74. The third-order valence-electron chi connectivity index (χ3n) is 3.92. The molecule has 1 amide bonds. The van der Waals surface area contributed by atoms with Gasteiger partial charge in [-0.25, -0.2) is 0 Å². The lowest BCUT2D eigenvalue weighted by molar-refractivity contribution is -0.127. The highest BCUT2D eigenvalue weighted by molar-refractivity contribution is 5.81. The number of nitrogens with two attached hydrogens (primary N) is 1. The van der Waals surface area contributed by atoms with E-state index < -0.39 is 0 Å². The Morgan fingerprint density at radius 2 is 1.94 bits per heavy atom. The maximum atomic E-state index is 12.0. The lowest BCUT2D eigenvalue weighted by atomic mass is 9.90. The van der Waals surface area contributed by atoms with Crippen molar-refractivity contribution in [2.75, 3.05) is 13.1 Å². The highest BCUT2D eigenvalue weighted by Crippen LogP contribution is 2.24. The van der Waals surface area contributed by atoms with Gasteiger partial charge < -0.3 is 11.1 Å². The van der Waals surface area contributed by atoms with Crippen LogP contribution in [0.3, 0.4) is 0 Å². The van der Waals surface area contributed by atoms with Gasteiger partial charge in [-0.05, 0) is 52.5 Å². The SMILES string of the molecule is CCCN(C1CCC(N)CC1)C(C)C(=O)NCC. The minimum absolute atomic E-state index is 0.0239. The molecule has 1 atom stereocenters. The molecule has 1 unspecified atom stereocenters. The predicted molar refractivity (Wildman–Crippen MR) is 75.4 cm³/mol. The molecule has 0 radical (unpaired) electrons. The highest BCUT2D eigenvalue weighted by atomic mass is 16.2. The summed E-state index contributed by atoms with van der Waals surface area (Å²) in [4.78, 5) is 14.4. The largest absolute Gasteiger partial charge is 0.355 e. The molecule has 1 rings (SSSR count). The molecule has 1 aliphatic carbocycles. The molecule has 4 heteroatoms. The average molecular weight is 255 g/mol. The minimum atomic E-state index is -0.0239. The van der Waals surface area contributed by atoms with Gasteiger partial charge in [-0.2, -0.15) is 0 Å². The predicted octanol–water partition coefficient (Wildman–Crippen LogP) is 1.49. The molecule has 0 heterocycles. The van der Waals surface area contributed by atoms with E-state index in [0.29, 0.717) is 18.6 Å². The zero-order chi connectivity index (χ0) is 13.5. The lowest BCUT2D eigenvalue weighted by Gasteiger charge is -2.39. The summed E-state index contributed by atoms with van der Waals surface area (Å²) in [6.45, 7) is 7.87. The van der Waals surface area contributed by atoms with Gasteiger partial charge in [0, 0.05) is 18.6 Å². The van der Waals surface area contributed by atoms with Crippen LogP contribution in [0.4, 0.5) is 0 Å². The van der Waals surface area contributed by atoms with Crippen LogP contribution in [0.1, 0.15) is 52.9 Å². The molecule has 0 saturated heterocycles. The molecule has 0 aromatic rings. The number of likely N-dealkylation sites (N-methyl/N-ethyl adjacent to an activating group) is 1. The first-order valence-corrected chi connectivity index (χ1v) is 7.39. The summed E-state index contributed by atoms with van der Waals surface area (Å²) in [6, 6.07) is 0.871. The number of nitrogens with zero attached hydrogens (tertiary/aromatic N) is 1. The zero-order valence-electron chi connectivity index (χ0n) is 12.1. The van der Waals surface area contributed by atoms with Gasteiger partial charge in [0.1, 0.15) is 0 Å². The van der Waals surface area contributed by atoms with E-state index in [1.54, 1.807) is 0 Å². The first-order valence-electron chi connectivity index (χ1n) is 7.39. The van der Waals surface area contributed by atoms with Gasteiger partial charge in [-0.3, -0.25) is 9.69 Å². The van der Waals surface area contributed by atoms with Gasteiger partial charge in [0.15, 0.2) is 0 Å². The van der Waals surface area contributed by atoms with E-state index in [1.165, 1.54) is 0 Å². The molecule has 0 aromatic carbocycles. The standard InChI is InChI=1S/C14H29N3O/c1-4-10-17(11(3)14(18)16-5-2)13-8-6-12(15)7-9-13/h11-13H,4-10,15H2,1-3H3,(H,16,18). The van der Waals surface area contributed by atoms with Crippen molar-refractivity contribution in [3.05, 3.63) is 0 Å². The van der Waals surface area contributed by atoms with Crippen molar-refractivity contribution in [1.29, 1.82) is 0 Å². The van der Waals surface area contributed by atoms with E-state index in [4.69, 9.17) is 5.73 Å². The fourth-order valence-corrected chi connectivity index (χ4v) is 2.86. The quantitative estimate of drug-likeness (QED) is 0.756. The van der Waals surface area contributed by atoms with Crippen molar-refractivity contribution in [2.45, 2.75) is 71.0 Å². The van der Waals surface area contributed by atoms with E-state index >= 15 is 0 Å². The van der Waals surface area contributed by atoms with Crippen LogP contribution in [0.15, 0.2) is 0 Å². The number of hydrogen-bond acceptors (Lipinski definition) is 3. The van der Waals surface area contributed by atoms with E-state index in [9.17, 15) is 4.79 Å². The van der Waals surface area contributed by atoms with Crippen molar-refractivity contribution < 1.29 is 4.79 Å². The van der Waals surface area contributed by atoms with Crippen LogP contribution < -0.4 is 11.1 Å². The van der Waals surface area contributed by atoms with Gasteiger partial charge in [-0.1, -0.05) is 6.92 Å². The molecule has 0 bridgehead atoms. The molecule has 4 nitrogen and oxygen atoms in total. The van der Waals surface area contributed by atoms with Gasteiger partial charge in [-0.15, -0.1) is 0 Å². The molecular formula is C14H29N3O. The fraction of sp³-hybridized carbons (Fsp3) is 0.929. The molecule has 1 fully saturated rings. The summed E-state index contributed by atoms with van der Waals surface area (Å²) in [5, 5.41) is 2.93. The van der Waals surface area contributed by atoms with Gasteiger partial charge in [0.2, 0.25) is 5.91 Å². The first kappa shape index (κ1) is 15.4. The molecular weight excluding hydrogens is 226 g/mol. The second-order valence-electron chi connectivity index (χ2n) is 5.38. The minimum Gasteiger partial charge on any atom is -0.355 e. The van der Waals surface area contributed by atoms with Crippen LogP contribution in [0.2, 0.25) is 0 Å². The molecule has 1 saturated carbocycles. The van der Waals surface area contributed by atoms with Crippen molar-refractivity contribution in [3.8, 4) is 0 Å². The van der Waals surface area contributed by atoms with Crippen molar-refractivity contribution in [1.82, 2.24) is 10.2 Å². The van der Waals surface area contributed by atoms with E-state index in [-0.39, 0.29) is 11.9 Å². The Morgan fingerprint density at radius 1 is 1.33 bits per heavy atom. The van der Waals surface area contributed by atoms with E-state index in [0.717, 1.165) is 38.6 Å². The van der Waals surface area contributed by atoms with Crippen molar-refractivity contribution in [3.63, 3.8) is 0 Å². The zero-order valence-corrected chi connectivity index (χ0v) is 12.1. The third-order valence-corrected chi connectivity index (χ3v) is 3.92. The Hall–Kier alpha value is -0.610. The Morgan fingerprint density at radius 3 is 2.44 bits per heavy atom. The Kier molecular flexibility index (Phi) is 6.65. The Labute approximate surface area is 111 Å². The maximum absolute atomic E-state index is 12.0. The first-order chi connectivity index (χ1) is 8.60. The van der Waals surface area contributed by atoms with Gasteiger partial charge >= 0.3 is 0 Å². The van der Waals surface area contributed by atoms with Crippen LogP contribution in [-0.4, -0.2) is 42.0 Å². The molecule has 18 heavy (non-hydrogen) atoms. The van der Waals surface area contributed by atoms with Crippen LogP contribution >= 0.6 is 0 Å². The molecule has 0 aliphatic heterocycles. The van der Waals surface area contributed by atoms with E-state index in [2.05, 4.69) is 17.1 Å². The monoisotopic (exact) mass is 255 g/mol. The van der Waals surface area contributed by atoms with Crippen molar-refractivity contribution >= 4 is 5.91 Å². The lowest BCUT2D eigenvalue weighted by Crippen LogP contribution is -2.51. The van der Waals surface area contributed by atoms with E-state index in [1.807, 2.05) is 13.8 Å². The summed E-state index contributed by atoms with van der Waals surface area (Å²) in [6.07, 6.45) is 5.53.